The van der Waals surface area contributed by atoms with Crippen LogP contribution >= 0.6 is 0 Å². The molecule has 2 N–H and O–H groups in total. The van der Waals surface area contributed by atoms with Gasteiger partial charge in [0, 0.05) is 6.54 Å². The molecule has 0 aliphatic heterocycles. The number of aliphatic carboxylic acids is 1. The Morgan fingerprint density at radius 2 is 1.45 bits per heavy atom. The van der Waals surface area contributed by atoms with Gasteiger partial charge >= 0.3 is 12.1 Å². The number of ether oxygens (including phenoxy) is 1. The number of nitrogens with one attached hydrogen (secondary N) is 1. The van der Waals surface area contributed by atoms with Gasteiger partial charge < -0.3 is 19.6 Å². The zero-order valence-electron chi connectivity index (χ0n) is 20.6. The third-order valence-corrected chi connectivity index (χ3v) is 11.7. The fourth-order valence-electron chi connectivity index (χ4n) is 4.39. The van der Waals surface area contributed by atoms with Crippen molar-refractivity contribution < 1.29 is 23.9 Å². The number of benzene rings is 1. The summed E-state index contributed by atoms with van der Waals surface area (Å²) in [6.07, 6.45) is -0.269. The molecule has 176 valence electrons. The van der Waals surface area contributed by atoms with Crippen molar-refractivity contribution in [3.63, 3.8) is 0 Å². The number of hydrogen-bond acceptors (Lipinski definition) is 4. The Morgan fingerprint density at radius 3 is 1.84 bits per heavy atom. The van der Waals surface area contributed by atoms with Crippen molar-refractivity contribution in [2.45, 2.75) is 96.9 Å². The summed E-state index contributed by atoms with van der Waals surface area (Å²) in [5.74, 6) is -0.844. The molecule has 1 rings (SSSR count). The lowest BCUT2D eigenvalue weighted by Crippen LogP contribution is -2.50. The number of carboxylic acid groups (broad SMARTS) is 1. The van der Waals surface area contributed by atoms with Gasteiger partial charge in [-0.15, -0.1) is 0 Å². The van der Waals surface area contributed by atoms with Gasteiger partial charge in [0.1, 0.15) is 11.4 Å². The SMILES string of the molecule is CC(C)[Si](Oc1ccc(C(CCNC(=O)OC(C)(C)C)C(=O)O)cc1)(C(C)C)C(C)C. The molecule has 0 fully saturated rings. The molecule has 0 aliphatic carbocycles. The van der Waals surface area contributed by atoms with E-state index in [9.17, 15) is 14.7 Å². The van der Waals surface area contributed by atoms with Gasteiger partial charge in [-0.25, -0.2) is 4.79 Å². The maximum absolute atomic E-state index is 11.8. The summed E-state index contributed by atoms with van der Waals surface area (Å²) in [6, 6.07) is 7.40. The first-order valence-electron chi connectivity index (χ1n) is 11.2. The molecule has 0 aromatic heterocycles. The molecule has 7 heteroatoms. The smallest absolute Gasteiger partial charge is 0.407 e. The van der Waals surface area contributed by atoms with Crippen molar-refractivity contribution in [2.24, 2.45) is 0 Å². The van der Waals surface area contributed by atoms with E-state index in [2.05, 4.69) is 46.9 Å². The Bertz CT molecular complexity index is 701. The van der Waals surface area contributed by atoms with Crippen LogP contribution in [-0.4, -0.2) is 37.6 Å². The predicted molar refractivity (Wildman–Crippen MR) is 127 cm³/mol. The predicted octanol–water partition coefficient (Wildman–Crippen LogP) is 6.32. The molecule has 1 amide bonds. The van der Waals surface area contributed by atoms with Crippen LogP contribution in [0.2, 0.25) is 16.6 Å². The van der Waals surface area contributed by atoms with Crippen molar-refractivity contribution in [1.82, 2.24) is 5.32 Å². The van der Waals surface area contributed by atoms with Crippen LogP contribution in [0.1, 0.15) is 80.2 Å². The number of rotatable bonds is 10. The van der Waals surface area contributed by atoms with E-state index in [0.717, 1.165) is 5.75 Å². The van der Waals surface area contributed by atoms with Crippen LogP contribution in [0.3, 0.4) is 0 Å². The van der Waals surface area contributed by atoms with E-state index >= 15 is 0 Å². The minimum absolute atomic E-state index is 0.216. The number of hydrogen-bond donors (Lipinski definition) is 2. The lowest BCUT2D eigenvalue weighted by molar-refractivity contribution is -0.139. The third-order valence-electron chi connectivity index (χ3n) is 5.68. The standard InChI is InChI=1S/C24H41NO5Si/c1-16(2)31(17(3)4,18(5)6)30-20-12-10-19(11-13-20)21(22(26)27)14-15-25-23(28)29-24(7,8)9/h10-13,16-18,21H,14-15H2,1-9H3,(H,25,28)(H,26,27). The van der Waals surface area contributed by atoms with Crippen LogP contribution in [0.5, 0.6) is 5.75 Å². The molecule has 31 heavy (non-hydrogen) atoms. The maximum atomic E-state index is 11.8. The van der Waals surface area contributed by atoms with Crippen LogP contribution in [0.25, 0.3) is 0 Å². The first-order chi connectivity index (χ1) is 14.2. The number of carboxylic acids is 1. The molecule has 0 bridgehead atoms. The van der Waals surface area contributed by atoms with Gasteiger partial charge in [0.25, 0.3) is 8.32 Å². The van der Waals surface area contributed by atoms with E-state index in [1.54, 1.807) is 20.8 Å². The average molecular weight is 452 g/mol. The van der Waals surface area contributed by atoms with E-state index in [1.807, 2.05) is 24.3 Å². The molecule has 0 saturated carbocycles. The second kappa shape index (κ2) is 11.0. The molecule has 0 aliphatic rings. The van der Waals surface area contributed by atoms with Crippen LogP contribution in [0.4, 0.5) is 4.79 Å². The summed E-state index contributed by atoms with van der Waals surface area (Å²) in [6.45, 7) is 19.0. The van der Waals surface area contributed by atoms with Gasteiger partial charge in [-0.3, -0.25) is 4.79 Å². The second-order valence-corrected chi connectivity index (χ2v) is 15.5. The highest BCUT2D eigenvalue weighted by molar-refractivity contribution is 6.78. The first kappa shape index (κ1) is 27.0. The molecule has 0 heterocycles. The zero-order valence-corrected chi connectivity index (χ0v) is 21.6. The Morgan fingerprint density at radius 1 is 0.968 bits per heavy atom. The molecule has 0 radical (unpaired) electrons. The quantitative estimate of drug-likeness (QED) is 0.406. The van der Waals surface area contributed by atoms with Crippen molar-refractivity contribution >= 4 is 20.4 Å². The van der Waals surface area contributed by atoms with Crippen molar-refractivity contribution in [2.75, 3.05) is 6.54 Å². The van der Waals surface area contributed by atoms with Gasteiger partial charge in [0.2, 0.25) is 0 Å². The molecule has 1 unspecified atom stereocenters. The minimum Gasteiger partial charge on any atom is -0.543 e. The topological polar surface area (TPSA) is 84.9 Å². The lowest BCUT2D eigenvalue weighted by atomic mass is 9.96. The molecule has 6 nitrogen and oxygen atoms in total. The Kier molecular flexibility index (Phi) is 9.61. The highest BCUT2D eigenvalue weighted by Gasteiger charge is 2.47. The number of alkyl carbamates (subject to hydrolysis) is 1. The molecular formula is C24H41NO5Si. The maximum Gasteiger partial charge on any atom is 0.407 e. The molecular weight excluding hydrogens is 410 g/mol. The molecule has 0 spiro atoms. The number of carbonyl (C=O) groups excluding carboxylic acids is 1. The molecule has 1 aromatic carbocycles. The molecule has 1 atom stereocenters. The summed E-state index contributed by atoms with van der Waals surface area (Å²) >= 11 is 0. The Labute approximate surface area is 188 Å². The van der Waals surface area contributed by atoms with Crippen LogP contribution in [0.15, 0.2) is 24.3 Å². The summed E-state index contributed by atoms with van der Waals surface area (Å²) < 4.78 is 11.9. The summed E-state index contributed by atoms with van der Waals surface area (Å²) in [5.41, 5.74) is 1.47. The third kappa shape index (κ3) is 7.56. The van der Waals surface area contributed by atoms with Crippen molar-refractivity contribution in [3.05, 3.63) is 29.8 Å². The highest BCUT2D eigenvalue weighted by atomic mass is 28.4. The Balaban J connectivity index is 2.90. The van der Waals surface area contributed by atoms with Crippen LogP contribution in [0, 0.1) is 0 Å². The minimum atomic E-state index is -2.07. The fourth-order valence-corrected chi connectivity index (χ4v) is 9.64. The fraction of sp³-hybridized carbons (Fsp3) is 0.667. The van der Waals surface area contributed by atoms with Crippen molar-refractivity contribution in [3.8, 4) is 5.75 Å². The number of amides is 1. The van der Waals surface area contributed by atoms with E-state index in [1.165, 1.54) is 0 Å². The second-order valence-electron chi connectivity index (χ2n) is 10.1. The number of carbonyl (C=O) groups is 2. The van der Waals surface area contributed by atoms with E-state index in [-0.39, 0.29) is 13.0 Å². The largest absolute Gasteiger partial charge is 0.543 e. The van der Waals surface area contributed by atoms with Gasteiger partial charge in [-0.05, 0) is 61.5 Å². The van der Waals surface area contributed by atoms with Gasteiger partial charge in [-0.2, -0.15) is 0 Å². The monoisotopic (exact) mass is 451 g/mol. The van der Waals surface area contributed by atoms with Crippen LogP contribution in [-0.2, 0) is 9.53 Å². The van der Waals surface area contributed by atoms with Crippen LogP contribution < -0.4 is 9.74 Å². The zero-order chi connectivity index (χ0) is 24.0. The molecule has 1 aromatic rings. The van der Waals surface area contributed by atoms with E-state index in [4.69, 9.17) is 9.16 Å². The van der Waals surface area contributed by atoms with Gasteiger partial charge in [0.15, 0.2) is 0 Å². The van der Waals surface area contributed by atoms with Gasteiger partial charge in [-0.1, -0.05) is 53.7 Å². The highest BCUT2D eigenvalue weighted by Crippen LogP contribution is 2.42. The normalized spacial score (nSPS) is 13.4. The van der Waals surface area contributed by atoms with E-state index < -0.39 is 31.9 Å². The summed E-state index contributed by atoms with van der Waals surface area (Å²) in [4.78, 5) is 23.6. The van der Waals surface area contributed by atoms with Gasteiger partial charge in [0.05, 0.1) is 5.92 Å². The van der Waals surface area contributed by atoms with Crippen molar-refractivity contribution in [1.29, 1.82) is 0 Å². The van der Waals surface area contributed by atoms with E-state index in [0.29, 0.717) is 22.2 Å². The first-order valence-corrected chi connectivity index (χ1v) is 13.3. The Hall–Kier alpha value is -2.02. The molecule has 0 saturated heterocycles. The average Bonchev–Trinajstić information content (AvgIpc) is 2.61. The summed E-state index contributed by atoms with van der Waals surface area (Å²) in [7, 11) is -2.07. The summed E-state index contributed by atoms with van der Waals surface area (Å²) in [5, 5.41) is 12.3. The lowest BCUT2D eigenvalue weighted by Gasteiger charge is -2.42.